The van der Waals surface area contributed by atoms with Crippen LogP contribution in [0.1, 0.15) is 58.9 Å². The molecule has 160 valence electrons. The van der Waals surface area contributed by atoms with Crippen molar-refractivity contribution in [3.8, 4) is 22.4 Å². The number of halogens is 1. The van der Waals surface area contributed by atoms with Crippen molar-refractivity contribution < 1.29 is 19.0 Å². The SMILES string of the molecule is COC(=O)c1ccc2c(c1)-c1nc(C(C)C)c(CO)c(-c3ccc(F)cc3)c1CCC2. The van der Waals surface area contributed by atoms with Crippen LogP contribution in [0.2, 0.25) is 0 Å². The summed E-state index contributed by atoms with van der Waals surface area (Å²) in [6.07, 6.45) is 2.56. The van der Waals surface area contributed by atoms with Crippen LogP contribution >= 0.6 is 0 Å². The second-order valence-corrected chi connectivity index (χ2v) is 8.21. The molecule has 4 rings (SSSR count). The zero-order valence-corrected chi connectivity index (χ0v) is 18.0. The van der Waals surface area contributed by atoms with Gasteiger partial charge in [-0.3, -0.25) is 4.98 Å². The van der Waals surface area contributed by atoms with Crippen molar-refractivity contribution in [2.45, 2.75) is 45.6 Å². The van der Waals surface area contributed by atoms with Crippen LogP contribution in [0.15, 0.2) is 42.5 Å². The van der Waals surface area contributed by atoms with Crippen molar-refractivity contribution in [2.24, 2.45) is 0 Å². The Morgan fingerprint density at radius 3 is 2.55 bits per heavy atom. The second kappa shape index (κ2) is 8.60. The highest BCUT2D eigenvalue weighted by atomic mass is 19.1. The van der Waals surface area contributed by atoms with Gasteiger partial charge < -0.3 is 9.84 Å². The molecular formula is C26H26FNO3. The number of aromatic nitrogens is 1. The van der Waals surface area contributed by atoms with Gasteiger partial charge in [0.15, 0.2) is 0 Å². The van der Waals surface area contributed by atoms with E-state index in [0.29, 0.717) is 5.56 Å². The van der Waals surface area contributed by atoms with Gasteiger partial charge in [-0.05, 0) is 71.7 Å². The maximum absolute atomic E-state index is 13.6. The lowest BCUT2D eigenvalue weighted by molar-refractivity contribution is 0.0600. The predicted octanol–water partition coefficient (Wildman–Crippen LogP) is 5.45. The Labute approximate surface area is 181 Å². The number of ether oxygens (including phenoxy) is 1. The van der Waals surface area contributed by atoms with Crippen LogP contribution < -0.4 is 0 Å². The Kier molecular flexibility index (Phi) is 5.88. The van der Waals surface area contributed by atoms with Crippen LogP contribution in [0.4, 0.5) is 4.39 Å². The molecule has 0 saturated heterocycles. The molecule has 5 heteroatoms. The first-order valence-electron chi connectivity index (χ1n) is 10.6. The van der Waals surface area contributed by atoms with Crippen LogP contribution in [0.25, 0.3) is 22.4 Å². The van der Waals surface area contributed by atoms with Gasteiger partial charge >= 0.3 is 5.97 Å². The molecule has 3 aromatic rings. The Morgan fingerprint density at radius 1 is 1.16 bits per heavy atom. The van der Waals surface area contributed by atoms with E-state index in [1.807, 2.05) is 26.0 Å². The Bertz CT molecular complexity index is 1140. The third kappa shape index (κ3) is 3.86. The van der Waals surface area contributed by atoms with Crippen molar-refractivity contribution >= 4 is 5.97 Å². The first kappa shape index (κ1) is 21.2. The van der Waals surface area contributed by atoms with Crippen LogP contribution in [-0.4, -0.2) is 23.2 Å². The quantitative estimate of drug-likeness (QED) is 0.572. The van der Waals surface area contributed by atoms with E-state index in [0.717, 1.165) is 64.0 Å². The van der Waals surface area contributed by atoms with Gasteiger partial charge in [0.1, 0.15) is 5.82 Å². The van der Waals surface area contributed by atoms with Gasteiger partial charge in [-0.2, -0.15) is 0 Å². The summed E-state index contributed by atoms with van der Waals surface area (Å²) in [5, 5.41) is 10.3. The molecule has 0 bridgehead atoms. The predicted molar refractivity (Wildman–Crippen MR) is 118 cm³/mol. The largest absolute Gasteiger partial charge is 0.465 e. The number of nitrogens with zero attached hydrogens (tertiary/aromatic N) is 1. The lowest BCUT2D eigenvalue weighted by Crippen LogP contribution is -2.09. The smallest absolute Gasteiger partial charge is 0.337 e. The van der Waals surface area contributed by atoms with E-state index >= 15 is 0 Å². The van der Waals surface area contributed by atoms with Crippen molar-refractivity contribution in [3.63, 3.8) is 0 Å². The lowest BCUT2D eigenvalue weighted by atomic mass is 9.87. The summed E-state index contributed by atoms with van der Waals surface area (Å²) in [6, 6.07) is 12.0. The third-order valence-corrected chi connectivity index (χ3v) is 5.93. The van der Waals surface area contributed by atoms with Crippen LogP contribution in [0.5, 0.6) is 0 Å². The minimum absolute atomic E-state index is 0.0853. The number of rotatable bonds is 4. The molecule has 4 nitrogen and oxygen atoms in total. The molecule has 0 amide bonds. The van der Waals surface area contributed by atoms with Crippen molar-refractivity contribution in [3.05, 3.63) is 76.2 Å². The van der Waals surface area contributed by atoms with E-state index in [4.69, 9.17) is 9.72 Å². The fraction of sp³-hybridized carbons (Fsp3) is 0.308. The molecule has 1 aliphatic rings. The number of aliphatic hydroxyl groups is 1. The van der Waals surface area contributed by atoms with Gasteiger partial charge in [0.05, 0.1) is 25.0 Å². The van der Waals surface area contributed by atoms with E-state index in [9.17, 15) is 14.3 Å². The first-order valence-corrected chi connectivity index (χ1v) is 10.6. The van der Waals surface area contributed by atoms with E-state index in [-0.39, 0.29) is 24.3 Å². The minimum Gasteiger partial charge on any atom is -0.465 e. The normalized spacial score (nSPS) is 12.8. The van der Waals surface area contributed by atoms with Gasteiger partial charge in [-0.15, -0.1) is 0 Å². The highest BCUT2D eigenvalue weighted by Gasteiger charge is 2.26. The average molecular weight is 419 g/mol. The van der Waals surface area contributed by atoms with E-state index in [1.165, 1.54) is 19.2 Å². The number of hydrogen-bond donors (Lipinski definition) is 1. The Morgan fingerprint density at radius 2 is 1.90 bits per heavy atom. The number of carbonyl (C=O) groups is 1. The molecule has 0 aliphatic heterocycles. The fourth-order valence-corrected chi connectivity index (χ4v) is 4.47. The molecule has 0 saturated carbocycles. The monoisotopic (exact) mass is 419 g/mol. The van der Waals surface area contributed by atoms with Crippen LogP contribution in [0.3, 0.4) is 0 Å². The van der Waals surface area contributed by atoms with Crippen molar-refractivity contribution in [1.29, 1.82) is 0 Å². The molecular weight excluding hydrogens is 393 g/mol. The molecule has 0 spiro atoms. The average Bonchev–Trinajstić information content (AvgIpc) is 2.96. The Balaban J connectivity index is 2.06. The van der Waals surface area contributed by atoms with Crippen molar-refractivity contribution in [2.75, 3.05) is 7.11 Å². The molecule has 0 atom stereocenters. The van der Waals surface area contributed by atoms with Crippen LogP contribution in [0, 0.1) is 5.82 Å². The van der Waals surface area contributed by atoms with E-state index < -0.39 is 0 Å². The second-order valence-electron chi connectivity index (χ2n) is 8.21. The highest BCUT2D eigenvalue weighted by molar-refractivity contribution is 5.92. The number of methoxy groups -OCH3 is 1. The molecule has 0 unspecified atom stereocenters. The summed E-state index contributed by atoms with van der Waals surface area (Å²) < 4.78 is 18.6. The molecule has 31 heavy (non-hydrogen) atoms. The van der Waals surface area contributed by atoms with Gasteiger partial charge in [0, 0.05) is 16.8 Å². The molecule has 0 radical (unpaired) electrons. The molecule has 1 heterocycles. The topological polar surface area (TPSA) is 59.4 Å². The lowest BCUT2D eigenvalue weighted by Gasteiger charge is -2.22. The molecule has 1 N–H and O–H groups in total. The molecule has 1 aromatic heterocycles. The van der Waals surface area contributed by atoms with E-state index in [1.54, 1.807) is 18.2 Å². The minimum atomic E-state index is -0.386. The summed E-state index contributed by atoms with van der Waals surface area (Å²) in [5.41, 5.74) is 7.78. The number of carbonyl (C=O) groups excluding carboxylic acids is 1. The van der Waals surface area contributed by atoms with Crippen molar-refractivity contribution in [1.82, 2.24) is 4.98 Å². The summed E-state index contributed by atoms with van der Waals surface area (Å²) in [4.78, 5) is 17.2. The number of fused-ring (bicyclic) bond motifs is 3. The third-order valence-electron chi connectivity index (χ3n) is 5.93. The summed E-state index contributed by atoms with van der Waals surface area (Å²) >= 11 is 0. The summed E-state index contributed by atoms with van der Waals surface area (Å²) in [5.74, 6) is -0.600. The van der Waals surface area contributed by atoms with Gasteiger partial charge in [0.2, 0.25) is 0 Å². The standard InChI is InChI=1S/C26H26FNO3/c1-15(2)24-22(14-29)23(17-9-11-19(27)12-10-17)20-6-4-5-16-7-8-18(26(30)31-3)13-21(16)25(20)28-24/h7-13,15,29H,4-6,14H2,1-3H3. The Hall–Kier alpha value is -3.05. The van der Waals surface area contributed by atoms with E-state index in [2.05, 4.69) is 0 Å². The molecule has 0 fully saturated rings. The number of benzene rings is 2. The summed E-state index contributed by atoms with van der Waals surface area (Å²) in [7, 11) is 1.37. The number of aliphatic hydroxyl groups excluding tert-OH is 1. The first-order chi connectivity index (χ1) is 14.9. The number of esters is 1. The molecule has 2 aromatic carbocycles. The fourth-order valence-electron chi connectivity index (χ4n) is 4.47. The molecule has 1 aliphatic carbocycles. The number of pyridine rings is 1. The van der Waals surface area contributed by atoms with Gasteiger partial charge in [-0.1, -0.05) is 32.0 Å². The maximum Gasteiger partial charge on any atom is 0.337 e. The summed E-state index contributed by atoms with van der Waals surface area (Å²) in [6.45, 7) is 3.95. The van der Waals surface area contributed by atoms with Crippen LogP contribution in [-0.2, 0) is 24.2 Å². The number of hydrogen-bond acceptors (Lipinski definition) is 4. The maximum atomic E-state index is 13.6. The van der Waals surface area contributed by atoms with Gasteiger partial charge in [-0.25, -0.2) is 9.18 Å². The zero-order chi connectivity index (χ0) is 22.1. The van der Waals surface area contributed by atoms with Gasteiger partial charge in [0.25, 0.3) is 0 Å². The highest BCUT2D eigenvalue weighted by Crippen LogP contribution is 2.41. The number of aryl methyl sites for hydroxylation is 1. The zero-order valence-electron chi connectivity index (χ0n) is 18.0.